The number of fused-ring (bicyclic) bond motifs is 2. The van der Waals surface area contributed by atoms with E-state index in [0.717, 1.165) is 46.6 Å². The molecule has 2 aliphatic rings. The molecule has 0 bridgehead atoms. The van der Waals surface area contributed by atoms with E-state index in [4.69, 9.17) is 0 Å². The number of benzene rings is 3. The highest BCUT2D eigenvalue weighted by Gasteiger charge is 2.30. The predicted octanol–water partition coefficient (Wildman–Crippen LogP) is 4.11. The molecule has 1 aromatic heterocycles. The molecule has 4 aromatic rings. The Balaban J connectivity index is 1.14. The summed E-state index contributed by atoms with van der Waals surface area (Å²) < 4.78 is 28.4. The van der Waals surface area contributed by atoms with E-state index in [0.29, 0.717) is 32.7 Å². The van der Waals surface area contributed by atoms with Crippen LogP contribution < -0.4 is 9.80 Å². The van der Waals surface area contributed by atoms with Crippen LogP contribution in [0, 0.1) is 0 Å². The van der Waals surface area contributed by atoms with Gasteiger partial charge in [0.1, 0.15) is 0 Å². The van der Waals surface area contributed by atoms with Crippen molar-refractivity contribution in [2.45, 2.75) is 24.7 Å². The van der Waals surface area contributed by atoms with E-state index in [9.17, 15) is 13.2 Å². The van der Waals surface area contributed by atoms with E-state index in [-0.39, 0.29) is 10.8 Å². The Kier molecular flexibility index (Phi) is 6.33. The van der Waals surface area contributed by atoms with Crippen molar-refractivity contribution >= 4 is 38.2 Å². The largest absolute Gasteiger partial charge is 0.352 e. The van der Waals surface area contributed by atoms with Gasteiger partial charge in [-0.3, -0.25) is 4.79 Å². The lowest BCUT2D eigenvalue weighted by atomic mass is 10.0. The van der Waals surface area contributed by atoms with Crippen LogP contribution in [-0.2, 0) is 21.2 Å². The van der Waals surface area contributed by atoms with E-state index in [1.54, 1.807) is 30.0 Å². The summed E-state index contributed by atoms with van der Waals surface area (Å²) in [6, 6.07) is 23.5. The first-order valence-electron chi connectivity index (χ1n) is 12.9. The SMILES string of the molecule is CC(=O)N1CCCc2cc(S(=O)(=O)N3CCN(c4ccc(-c5ccc6ccccc6c5)nn4)CC3)ccc21. The molecule has 0 atom stereocenters. The molecule has 2 aliphatic heterocycles. The van der Waals surface area contributed by atoms with Gasteiger partial charge in [-0.05, 0) is 65.6 Å². The van der Waals surface area contributed by atoms with E-state index in [2.05, 4.69) is 39.4 Å². The molecule has 1 saturated heterocycles. The van der Waals surface area contributed by atoms with Crippen LogP contribution in [0.5, 0.6) is 0 Å². The minimum atomic E-state index is -3.63. The zero-order valence-corrected chi connectivity index (χ0v) is 22.1. The second-order valence-corrected chi connectivity index (χ2v) is 11.7. The highest BCUT2D eigenvalue weighted by molar-refractivity contribution is 7.89. The molecule has 0 aliphatic carbocycles. The molecule has 0 spiro atoms. The van der Waals surface area contributed by atoms with Crippen LogP contribution in [0.1, 0.15) is 18.9 Å². The summed E-state index contributed by atoms with van der Waals surface area (Å²) in [6.45, 7) is 4.02. The third-order valence-corrected chi connectivity index (χ3v) is 9.34. The molecule has 194 valence electrons. The van der Waals surface area contributed by atoms with Crippen molar-refractivity contribution < 1.29 is 13.2 Å². The van der Waals surface area contributed by atoms with Gasteiger partial charge in [-0.15, -0.1) is 10.2 Å². The van der Waals surface area contributed by atoms with Crippen molar-refractivity contribution in [2.75, 3.05) is 42.5 Å². The summed E-state index contributed by atoms with van der Waals surface area (Å²) in [5, 5.41) is 11.2. The molecule has 0 N–H and O–H groups in total. The number of anilines is 2. The number of piperazine rings is 1. The topological polar surface area (TPSA) is 86.7 Å². The van der Waals surface area contributed by atoms with Crippen molar-refractivity contribution in [1.82, 2.24) is 14.5 Å². The number of carbonyl (C=O) groups is 1. The van der Waals surface area contributed by atoms with Crippen LogP contribution in [0.2, 0.25) is 0 Å². The van der Waals surface area contributed by atoms with Crippen molar-refractivity contribution in [3.05, 3.63) is 78.4 Å². The molecule has 0 radical (unpaired) electrons. The fourth-order valence-electron chi connectivity index (χ4n) is 5.36. The summed E-state index contributed by atoms with van der Waals surface area (Å²) in [7, 11) is -3.63. The molecular weight excluding hydrogens is 498 g/mol. The molecule has 0 saturated carbocycles. The number of amides is 1. The second-order valence-electron chi connectivity index (χ2n) is 9.79. The van der Waals surface area contributed by atoms with Crippen molar-refractivity contribution in [1.29, 1.82) is 0 Å². The number of rotatable bonds is 4. The molecule has 1 fully saturated rings. The quantitative estimate of drug-likeness (QED) is 0.397. The van der Waals surface area contributed by atoms with Gasteiger partial charge in [0.25, 0.3) is 0 Å². The van der Waals surface area contributed by atoms with Crippen molar-refractivity contribution in [3.63, 3.8) is 0 Å². The number of hydrogen-bond donors (Lipinski definition) is 0. The number of aryl methyl sites for hydroxylation is 1. The molecule has 9 heteroatoms. The number of nitrogens with zero attached hydrogens (tertiary/aromatic N) is 5. The first-order chi connectivity index (χ1) is 18.4. The standard InChI is InChI=1S/C29H29N5O3S/c1-21(35)34-14-4-7-25-20-26(10-12-28(25)34)38(36,37)33-17-15-32(16-18-33)29-13-11-27(30-31-29)24-9-8-22-5-2-3-6-23(22)19-24/h2-3,5-6,8-13,19-20H,4,7,14-18H2,1H3. The smallest absolute Gasteiger partial charge is 0.243 e. The number of aromatic nitrogens is 2. The molecule has 6 rings (SSSR count). The lowest BCUT2D eigenvalue weighted by Gasteiger charge is -2.35. The van der Waals surface area contributed by atoms with Crippen molar-refractivity contribution in [2.24, 2.45) is 0 Å². The zero-order valence-electron chi connectivity index (χ0n) is 21.2. The van der Waals surface area contributed by atoms with Gasteiger partial charge >= 0.3 is 0 Å². The van der Waals surface area contributed by atoms with Gasteiger partial charge in [0.15, 0.2) is 5.82 Å². The lowest BCUT2D eigenvalue weighted by molar-refractivity contribution is -0.116. The maximum absolute atomic E-state index is 13.4. The van der Waals surface area contributed by atoms with Gasteiger partial charge < -0.3 is 9.80 Å². The summed E-state index contributed by atoms with van der Waals surface area (Å²) in [6.07, 6.45) is 1.60. The highest BCUT2D eigenvalue weighted by Crippen LogP contribution is 2.31. The van der Waals surface area contributed by atoms with Gasteiger partial charge in [-0.2, -0.15) is 4.31 Å². The molecule has 8 nitrogen and oxygen atoms in total. The fraction of sp³-hybridized carbons (Fsp3) is 0.276. The fourth-order valence-corrected chi connectivity index (χ4v) is 6.84. The maximum atomic E-state index is 13.4. The third-order valence-electron chi connectivity index (χ3n) is 7.45. The van der Waals surface area contributed by atoms with Crippen LogP contribution in [0.4, 0.5) is 11.5 Å². The maximum Gasteiger partial charge on any atom is 0.243 e. The van der Waals surface area contributed by atoms with Crippen LogP contribution >= 0.6 is 0 Å². The minimum Gasteiger partial charge on any atom is -0.352 e. The normalized spacial score (nSPS) is 16.4. The number of hydrogen-bond acceptors (Lipinski definition) is 6. The molecule has 38 heavy (non-hydrogen) atoms. The molecule has 3 aromatic carbocycles. The molecule has 0 unspecified atom stereocenters. The molecule has 1 amide bonds. The Labute approximate surface area is 222 Å². The Morgan fingerprint density at radius 3 is 2.34 bits per heavy atom. The van der Waals surface area contributed by atoms with Crippen LogP contribution in [-0.4, -0.2) is 61.6 Å². The molecule has 3 heterocycles. The summed E-state index contributed by atoms with van der Waals surface area (Å²) in [5.41, 5.74) is 3.54. The Bertz CT molecular complexity index is 1610. The van der Waals surface area contributed by atoms with Crippen molar-refractivity contribution in [3.8, 4) is 11.3 Å². The van der Waals surface area contributed by atoms with Gasteiger partial charge in [-0.1, -0.05) is 36.4 Å². The van der Waals surface area contributed by atoms with E-state index in [1.165, 1.54) is 9.69 Å². The summed E-state index contributed by atoms with van der Waals surface area (Å²) in [5.74, 6) is 0.718. The van der Waals surface area contributed by atoms with E-state index >= 15 is 0 Å². The Morgan fingerprint density at radius 1 is 0.816 bits per heavy atom. The van der Waals surface area contributed by atoms with Gasteiger partial charge in [0.2, 0.25) is 15.9 Å². The lowest BCUT2D eigenvalue weighted by Crippen LogP contribution is -2.49. The van der Waals surface area contributed by atoms with Gasteiger partial charge in [0.05, 0.1) is 10.6 Å². The zero-order chi connectivity index (χ0) is 26.3. The second kappa shape index (κ2) is 9.81. The average Bonchev–Trinajstić information content (AvgIpc) is 2.96. The number of sulfonamides is 1. The van der Waals surface area contributed by atoms with Crippen LogP contribution in [0.25, 0.3) is 22.0 Å². The monoisotopic (exact) mass is 527 g/mol. The molecular formula is C29H29N5O3S. The Morgan fingerprint density at radius 2 is 1.61 bits per heavy atom. The minimum absolute atomic E-state index is 0.0222. The predicted molar refractivity (Wildman–Crippen MR) is 149 cm³/mol. The first-order valence-corrected chi connectivity index (χ1v) is 14.3. The van der Waals surface area contributed by atoms with E-state index < -0.39 is 10.0 Å². The van der Waals surface area contributed by atoms with Crippen LogP contribution in [0.3, 0.4) is 0 Å². The highest BCUT2D eigenvalue weighted by atomic mass is 32.2. The summed E-state index contributed by atoms with van der Waals surface area (Å²) >= 11 is 0. The Hall–Kier alpha value is -3.82. The third kappa shape index (κ3) is 4.52. The van der Waals surface area contributed by atoms with Gasteiger partial charge in [-0.25, -0.2) is 8.42 Å². The van der Waals surface area contributed by atoms with Gasteiger partial charge in [0, 0.05) is 50.9 Å². The number of carbonyl (C=O) groups excluding carboxylic acids is 1. The van der Waals surface area contributed by atoms with Crippen LogP contribution in [0.15, 0.2) is 77.7 Å². The average molecular weight is 528 g/mol. The first kappa shape index (κ1) is 24.5. The summed E-state index contributed by atoms with van der Waals surface area (Å²) in [4.78, 5) is 16.0. The van der Waals surface area contributed by atoms with E-state index in [1.807, 2.05) is 30.3 Å².